The van der Waals surface area contributed by atoms with Crippen molar-refractivity contribution in [2.24, 2.45) is 0 Å². The normalized spacial score (nSPS) is 14.9. The number of fused-ring (bicyclic) bond motifs is 1. The summed E-state index contributed by atoms with van der Waals surface area (Å²) in [4.78, 5) is 34.3. The predicted molar refractivity (Wildman–Crippen MR) is 126 cm³/mol. The molecule has 0 aromatic heterocycles. The largest absolute Gasteiger partial charge is 0.494 e. The van der Waals surface area contributed by atoms with Crippen molar-refractivity contribution < 1.29 is 19.1 Å². The number of carbonyl (C=O) groups is 3. The second kappa shape index (κ2) is 11.7. The fraction of sp³-hybridized carbons (Fsp3) is 0.400. The average Bonchev–Trinajstić information content (AvgIpc) is 3.05. The molecule has 0 bridgehead atoms. The number of carbonyl (C=O) groups excluding carboxylic acids is 3. The zero-order valence-corrected chi connectivity index (χ0v) is 18.8. The second-order valence-electron chi connectivity index (χ2n) is 7.90. The Kier molecular flexibility index (Phi) is 8.71. The number of nitrogens with one attached hydrogen (secondary N) is 1. The van der Waals surface area contributed by atoms with Gasteiger partial charge < -0.3 is 9.53 Å². The first-order chi connectivity index (χ1) is 15.0. The molecule has 1 fully saturated rings. The van der Waals surface area contributed by atoms with E-state index in [1.165, 1.54) is 19.3 Å². The molecule has 0 atom stereocenters. The molecule has 6 heteroatoms. The third kappa shape index (κ3) is 7.55. The summed E-state index contributed by atoms with van der Waals surface area (Å²) in [5, 5.41) is 4.07. The number of hydrogen-bond donors (Lipinski definition) is 1. The standard InChI is InChI=1S/C25H29NO4S/c1-18(27)9-7-5-3-2-4-6-8-14-30-22-13-12-20-15-19(10-11-21(20)17-22)16-23-24(28)26-25(29)31-23/h10-13,15-17H,2-9,14H2,1H3,(H,26,28,29). The molecule has 0 radical (unpaired) electrons. The maximum atomic E-state index is 11.7. The molecule has 5 nitrogen and oxygen atoms in total. The van der Waals surface area contributed by atoms with Gasteiger partial charge in [0.2, 0.25) is 0 Å². The summed E-state index contributed by atoms with van der Waals surface area (Å²) >= 11 is 0.926. The minimum Gasteiger partial charge on any atom is -0.494 e. The van der Waals surface area contributed by atoms with Crippen molar-refractivity contribution in [1.82, 2.24) is 5.32 Å². The van der Waals surface area contributed by atoms with Gasteiger partial charge in [0, 0.05) is 6.42 Å². The summed E-state index contributed by atoms with van der Waals surface area (Å²) in [6.07, 6.45) is 10.5. The number of ketones is 1. The van der Waals surface area contributed by atoms with Crippen LogP contribution in [0.25, 0.3) is 16.8 Å². The maximum absolute atomic E-state index is 11.7. The molecule has 1 aliphatic rings. The summed E-state index contributed by atoms with van der Waals surface area (Å²) in [6, 6.07) is 11.9. The summed E-state index contributed by atoms with van der Waals surface area (Å²) in [5.41, 5.74) is 0.884. The van der Waals surface area contributed by atoms with Crippen LogP contribution in [0.15, 0.2) is 41.3 Å². The van der Waals surface area contributed by atoms with Crippen LogP contribution in [0.5, 0.6) is 5.75 Å². The van der Waals surface area contributed by atoms with E-state index in [1.54, 1.807) is 13.0 Å². The molecule has 3 rings (SSSR count). The van der Waals surface area contributed by atoms with Gasteiger partial charge in [-0.15, -0.1) is 0 Å². The van der Waals surface area contributed by atoms with E-state index in [1.807, 2.05) is 36.4 Å². The number of imide groups is 1. The molecule has 0 aliphatic carbocycles. The molecule has 2 aromatic rings. The zero-order valence-electron chi connectivity index (χ0n) is 17.9. The molecule has 2 amide bonds. The van der Waals surface area contributed by atoms with Gasteiger partial charge in [-0.3, -0.25) is 14.9 Å². The number of ether oxygens (including phenoxy) is 1. The van der Waals surface area contributed by atoms with Gasteiger partial charge in [0.25, 0.3) is 11.1 Å². The highest BCUT2D eigenvalue weighted by Crippen LogP contribution is 2.28. The van der Waals surface area contributed by atoms with Gasteiger partial charge in [0.1, 0.15) is 11.5 Å². The number of amides is 2. The van der Waals surface area contributed by atoms with Crippen molar-refractivity contribution in [2.75, 3.05) is 6.61 Å². The van der Waals surface area contributed by atoms with Crippen LogP contribution in [0, 0.1) is 0 Å². The fourth-order valence-corrected chi connectivity index (χ4v) is 4.23. The van der Waals surface area contributed by atoms with Gasteiger partial charge in [-0.2, -0.15) is 0 Å². The number of hydrogen-bond acceptors (Lipinski definition) is 5. The first kappa shape index (κ1) is 23.1. The van der Waals surface area contributed by atoms with Crippen LogP contribution in [-0.4, -0.2) is 23.5 Å². The van der Waals surface area contributed by atoms with Crippen LogP contribution >= 0.6 is 11.8 Å². The molecule has 2 aromatic carbocycles. The van der Waals surface area contributed by atoms with Crippen molar-refractivity contribution in [2.45, 2.75) is 58.3 Å². The summed E-state index contributed by atoms with van der Waals surface area (Å²) in [7, 11) is 0. The van der Waals surface area contributed by atoms with E-state index in [4.69, 9.17) is 4.74 Å². The molecule has 31 heavy (non-hydrogen) atoms. The van der Waals surface area contributed by atoms with Crippen LogP contribution < -0.4 is 10.1 Å². The van der Waals surface area contributed by atoms with Gasteiger partial charge >= 0.3 is 0 Å². The van der Waals surface area contributed by atoms with Crippen LogP contribution in [0.2, 0.25) is 0 Å². The molecule has 1 aliphatic heterocycles. The van der Waals surface area contributed by atoms with E-state index >= 15 is 0 Å². The smallest absolute Gasteiger partial charge is 0.290 e. The third-order valence-electron chi connectivity index (χ3n) is 5.22. The van der Waals surface area contributed by atoms with Crippen LogP contribution in [0.3, 0.4) is 0 Å². The second-order valence-corrected chi connectivity index (χ2v) is 8.91. The Labute approximate surface area is 187 Å². The third-order valence-corrected chi connectivity index (χ3v) is 6.03. The molecule has 164 valence electrons. The number of benzene rings is 2. The van der Waals surface area contributed by atoms with Gasteiger partial charge in [-0.05, 0) is 72.1 Å². The van der Waals surface area contributed by atoms with Crippen molar-refractivity contribution in [3.8, 4) is 5.75 Å². The van der Waals surface area contributed by atoms with E-state index in [0.29, 0.717) is 17.3 Å². The summed E-state index contributed by atoms with van der Waals surface area (Å²) in [5.74, 6) is 0.810. The van der Waals surface area contributed by atoms with E-state index in [-0.39, 0.29) is 11.1 Å². The molecule has 1 N–H and O–H groups in total. The molecule has 0 unspecified atom stereocenters. The van der Waals surface area contributed by atoms with Gasteiger partial charge in [0.05, 0.1) is 11.5 Å². The number of Topliss-reactive ketones (excluding diaryl/α,β-unsaturated/α-hetero) is 1. The predicted octanol–water partition coefficient (Wildman–Crippen LogP) is 6.25. The Bertz CT molecular complexity index is 983. The Morgan fingerprint density at radius 2 is 1.61 bits per heavy atom. The van der Waals surface area contributed by atoms with Crippen molar-refractivity contribution in [3.63, 3.8) is 0 Å². The van der Waals surface area contributed by atoms with Crippen molar-refractivity contribution in [3.05, 3.63) is 46.9 Å². The lowest BCUT2D eigenvalue weighted by atomic mass is 10.1. The Morgan fingerprint density at radius 3 is 2.32 bits per heavy atom. The highest BCUT2D eigenvalue weighted by atomic mass is 32.2. The number of thioether (sulfide) groups is 1. The molecule has 1 saturated heterocycles. The average molecular weight is 440 g/mol. The lowest BCUT2D eigenvalue weighted by molar-refractivity contribution is -0.117. The maximum Gasteiger partial charge on any atom is 0.290 e. The lowest BCUT2D eigenvalue weighted by Gasteiger charge is -2.08. The molecule has 0 saturated carbocycles. The van der Waals surface area contributed by atoms with Crippen molar-refractivity contribution >= 4 is 45.5 Å². The highest BCUT2D eigenvalue weighted by Gasteiger charge is 2.24. The summed E-state index contributed by atoms with van der Waals surface area (Å²) < 4.78 is 5.91. The van der Waals surface area contributed by atoms with E-state index in [0.717, 1.165) is 66.0 Å². The minimum atomic E-state index is -0.341. The van der Waals surface area contributed by atoms with Crippen LogP contribution in [0.4, 0.5) is 4.79 Å². The topological polar surface area (TPSA) is 72.5 Å². The van der Waals surface area contributed by atoms with Gasteiger partial charge in [-0.25, -0.2) is 0 Å². The van der Waals surface area contributed by atoms with Gasteiger partial charge in [-0.1, -0.05) is 50.3 Å². The lowest BCUT2D eigenvalue weighted by Crippen LogP contribution is -2.17. The molecule has 1 heterocycles. The Hall–Kier alpha value is -2.60. The Balaban J connectivity index is 1.40. The van der Waals surface area contributed by atoms with Crippen LogP contribution in [0.1, 0.15) is 63.9 Å². The molecular weight excluding hydrogens is 410 g/mol. The zero-order chi connectivity index (χ0) is 22.1. The van der Waals surface area contributed by atoms with Crippen molar-refractivity contribution in [1.29, 1.82) is 0 Å². The molecular formula is C25H29NO4S. The number of unbranched alkanes of at least 4 members (excludes halogenated alkanes) is 6. The van der Waals surface area contributed by atoms with E-state index in [2.05, 4.69) is 5.32 Å². The minimum absolute atomic E-state index is 0.290. The van der Waals surface area contributed by atoms with E-state index in [9.17, 15) is 14.4 Å². The Morgan fingerprint density at radius 1 is 0.935 bits per heavy atom. The quantitative estimate of drug-likeness (QED) is 0.312. The fourth-order valence-electron chi connectivity index (χ4n) is 3.54. The SMILES string of the molecule is CC(=O)CCCCCCCCCOc1ccc2cc(C=C3SC(=O)NC3=O)ccc2c1. The summed E-state index contributed by atoms with van der Waals surface area (Å²) in [6.45, 7) is 2.37. The first-order valence-electron chi connectivity index (χ1n) is 10.9. The monoisotopic (exact) mass is 439 g/mol. The van der Waals surface area contributed by atoms with Gasteiger partial charge in [0.15, 0.2) is 0 Å². The van der Waals surface area contributed by atoms with Crippen LogP contribution in [-0.2, 0) is 9.59 Å². The molecule has 0 spiro atoms. The van der Waals surface area contributed by atoms with E-state index < -0.39 is 0 Å². The number of rotatable bonds is 12. The highest BCUT2D eigenvalue weighted by molar-refractivity contribution is 8.18. The first-order valence-corrected chi connectivity index (χ1v) is 11.7.